The van der Waals surface area contributed by atoms with Gasteiger partial charge in [0.05, 0.1) is 6.04 Å². The summed E-state index contributed by atoms with van der Waals surface area (Å²) in [5.41, 5.74) is 5.73. The van der Waals surface area contributed by atoms with Gasteiger partial charge in [0, 0.05) is 38.8 Å². The highest BCUT2D eigenvalue weighted by Crippen LogP contribution is 2.27. The largest absolute Gasteiger partial charge is 0.299 e. The topological polar surface area (TPSA) is 44.5 Å². The third-order valence-electron chi connectivity index (χ3n) is 4.63. The predicted molar refractivity (Wildman–Crippen MR) is 77.7 cm³/mol. The first kappa shape index (κ1) is 13.1. The minimum Gasteiger partial charge on any atom is -0.299 e. The quantitative estimate of drug-likeness (QED) is 0.619. The van der Waals surface area contributed by atoms with Crippen LogP contribution in [0.4, 0.5) is 0 Å². The molecule has 104 valence electrons. The lowest BCUT2D eigenvalue weighted by atomic mass is 9.93. The standard InChI is InChI=1S/C15H24N4/c1-2-12-3-5-13(6-4-12)15(17-16)14-11-18-7-9-19(14)10-8-18/h3-6,14-15,17H,2,7-11,16H2,1H3. The molecule has 4 rings (SSSR count). The maximum Gasteiger partial charge on any atom is 0.0627 e. The number of fused-ring (bicyclic) bond motifs is 3. The summed E-state index contributed by atoms with van der Waals surface area (Å²) in [5.74, 6) is 5.84. The van der Waals surface area contributed by atoms with Gasteiger partial charge in [-0.3, -0.25) is 21.1 Å². The predicted octanol–water partition coefficient (Wildman–Crippen LogP) is 0.753. The van der Waals surface area contributed by atoms with Gasteiger partial charge in [-0.2, -0.15) is 0 Å². The summed E-state index contributed by atoms with van der Waals surface area (Å²) in [6.07, 6.45) is 1.09. The second kappa shape index (κ2) is 5.59. The molecular formula is C15H24N4. The highest BCUT2D eigenvalue weighted by molar-refractivity contribution is 5.26. The Kier molecular flexibility index (Phi) is 3.84. The van der Waals surface area contributed by atoms with Gasteiger partial charge in [-0.25, -0.2) is 0 Å². The molecule has 0 amide bonds. The minimum atomic E-state index is 0.231. The molecule has 19 heavy (non-hydrogen) atoms. The van der Waals surface area contributed by atoms with Crippen molar-refractivity contribution in [2.45, 2.75) is 25.4 Å². The molecule has 3 aliphatic rings. The lowest BCUT2D eigenvalue weighted by Gasteiger charge is -2.50. The summed E-state index contributed by atoms with van der Waals surface area (Å²) >= 11 is 0. The molecule has 0 aromatic heterocycles. The Labute approximate surface area is 115 Å². The maximum atomic E-state index is 5.84. The molecule has 4 nitrogen and oxygen atoms in total. The van der Waals surface area contributed by atoms with E-state index in [4.69, 9.17) is 5.84 Å². The first-order valence-corrected chi connectivity index (χ1v) is 7.33. The summed E-state index contributed by atoms with van der Waals surface area (Å²) in [6, 6.07) is 9.62. The van der Waals surface area contributed by atoms with Gasteiger partial charge in [0.15, 0.2) is 0 Å². The lowest BCUT2D eigenvalue weighted by Crippen LogP contribution is -2.64. The van der Waals surface area contributed by atoms with Gasteiger partial charge < -0.3 is 0 Å². The molecule has 0 saturated carbocycles. The fourth-order valence-electron chi connectivity index (χ4n) is 3.36. The van der Waals surface area contributed by atoms with Gasteiger partial charge >= 0.3 is 0 Å². The molecule has 3 N–H and O–H groups in total. The lowest BCUT2D eigenvalue weighted by molar-refractivity contribution is -0.00369. The number of rotatable bonds is 4. The van der Waals surface area contributed by atoms with Gasteiger partial charge in [-0.1, -0.05) is 31.2 Å². The van der Waals surface area contributed by atoms with E-state index in [1.54, 1.807) is 0 Å². The third-order valence-corrected chi connectivity index (χ3v) is 4.63. The third kappa shape index (κ3) is 2.54. The zero-order chi connectivity index (χ0) is 13.2. The number of benzene rings is 1. The molecule has 3 fully saturated rings. The van der Waals surface area contributed by atoms with E-state index in [9.17, 15) is 0 Å². The van der Waals surface area contributed by atoms with E-state index in [-0.39, 0.29) is 6.04 Å². The summed E-state index contributed by atoms with van der Waals surface area (Å²) in [4.78, 5) is 5.13. The Morgan fingerprint density at radius 2 is 1.89 bits per heavy atom. The van der Waals surface area contributed by atoms with Crippen molar-refractivity contribution >= 4 is 0 Å². The number of nitrogens with two attached hydrogens (primary N) is 1. The Morgan fingerprint density at radius 1 is 1.21 bits per heavy atom. The van der Waals surface area contributed by atoms with Crippen molar-refractivity contribution in [2.24, 2.45) is 5.84 Å². The van der Waals surface area contributed by atoms with E-state index in [2.05, 4.69) is 46.4 Å². The van der Waals surface area contributed by atoms with Crippen LogP contribution in [0.25, 0.3) is 0 Å². The average Bonchev–Trinajstić information content (AvgIpc) is 2.50. The molecule has 0 spiro atoms. The monoisotopic (exact) mass is 260 g/mol. The van der Waals surface area contributed by atoms with Gasteiger partial charge in [0.25, 0.3) is 0 Å². The Balaban J connectivity index is 1.79. The second-order valence-electron chi connectivity index (χ2n) is 5.64. The van der Waals surface area contributed by atoms with E-state index in [0.717, 1.165) is 13.0 Å². The molecule has 2 unspecified atom stereocenters. The Hall–Kier alpha value is -0.940. The van der Waals surface area contributed by atoms with E-state index in [0.29, 0.717) is 6.04 Å². The van der Waals surface area contributed by atoms with Crippen LogP contribution < -0.4 is 11.3 Å². The number of hydrazine groups is 1. The first-order chi connectivity index (χ1) is 9.31. The zero-order valence-electron chi connectivity index (χ0n) is 11.7. The maximum absolute atomic E-state index is 5.84. The van der Waals surface area contributed by atoms with Crippen molar-refractivity contribution in [1.29, 1.82) is 0 Å². The van der Waals surface area contributed by atoms with Crippen molar-refractivity contribution < 1.29 is 0 Å². The van der Waals surface area contributed by atoms with Crippen LogP contribution in [0, 0.1) is 0 Å². The molecule has 3 saturated heterocycles. The van der Waals surface area contributed by atoms with Gasteiger partial charge in [0.1, 0.15) is 0 Å². The van der Waals surface area contributed by atoms with Crippen LogP contribution in [0.1, 0.15) is 24.1 Å². The zero-order valence-corrected chi connectivity index (χ0v) is 11.7. The summed E-state index contributed by atoms with van der Waals surface area (Å²) < 4.78 is 0. The van der Waals surface area contributed by atoms with Crippen molar-refractivity contribution in [3.63, 3.8) is 0 Å². The molecule has 3 heterocycles. The number of nitrogens with zero attached hydrogens (tertiary/aromatic N) is 2. The smallest absolute Gasteiger partial charge is 0.0627 e. The number of nitrogens with one attached hydrogen (secondary N) is 1. The van der Waals surface area contributed by atoms with E-state index < -0.39 is 0 Å². The van der Waals surface area contributed by atoms with Crippen LogP contribution in [0.3, 0.4) is 0 Å². The van der Waals surface area contributed by atoms with Crippen LogP contribution in [0.5, 0.6) is 0 Å². The van der Waals surface area contributed by atoms with Crippen molar-refractivity contribution in [2.75, 3.05) is 32.7 Å². The second-order valence-corrected chi connectivity index (χ2v) is 5.64. The number of piperazine rings is 3. The fourth-order valence-corrected chi connectivity index (χ4v) is 3.36. The SMILES string of the molecule is CCc1ccc(C(NN)C2CN3CCN2CC3)cc1. The summed E-state index contributed by atoms with van der Waals surface area (Å²) in [6.45, 7) is 8.09. The van der Waals surface area contributed by atoms with E-state index in [1.807, 2.05) is 0 Å². The van der Waals surface area contributed by atoms with E-state index in [1.165, 1.54) is 37.3 Å². The molecule has 1 aromatic rings. The number of aryl methyl sites for hydroxylation is 1. The molecule has 0 aliphatic carbocycles. The van der Waals surface area contributed by atoms with Crippen molar-refractivity contribution in [3.8, 4) is 0 Å². The molecule has 2 bridgehead atoms. The molecule has 2 atom stereocenters. The number of hydrogen-bond donors (Lipinski definition) is 2. The summed E-state index contributed by atoms with van der Waals surface area (Å²) in [5, 5.41) is 0. The van der Waals surface area contributed by atoms with Gasteiger partial charge in [-0.15, -0.1) is 0 Å². The normalized spacial score (nSPS) is 31.4. The summed E-state index contributed by atoms with van der Waals surface area (Å²) in [7, 11) is 0. The van der Waals surface area contributed by atoms with Crippen LogP contribution in [0.2, 0.25) is 0 Å². The van der Waals surface area contributed by atoms with Crippen LogP contribution in [-0.2, 0) is 6.42 Å². The highest BCUT2D eigenvalue weighted by atomic mass is 15.4. The Bertz CT molecular complexity index is 409. The van der Waals surface area contributed by atoms with E-state index >= 15 is 0 Å². The minimum absolute atomic E-state index is 0.231. The van der Waals surface area contributed by atoms with Gasteiger partial charge in [0.2, 0.25) is 0 Å². The van der Waals surface area contributed by atoms with Crippen LogP contribution >= 0.6 is 0 Å². The number of hydrogen-bond acceptors (Lipinski definition) is 4. The fraction of sp³-hybridized carbons (Fsp3) is 0.600. The molecule has 4 heteroatoms. The van der Waals surface area contributed by atoms with Gasteiger partial charge in [-0.05, 0) is 17.5 Å². The van der Waals surface area contributed by atoms with Crippen LogP contribution in [0.15, 0.2) is 24.3 Å². The Morgan fingerprint density at radius 3 is 2.37 bits per heavy atom. The molecule has 3 aliphatic heterocycles. The highest BCUT2D eigenvalue weighted by Gasteiger charge is 2.36. The molecular weight excluding hydrogens is 236 g/mol. The first-order valence-electron chi connectivity index (χ1n) is 7.33. The van der Waals surface area contributed by atoms with Crippen LogP contribution in [-0.4, -0.2) is 48.6 Å². The average molecular weight is 260 g/mol. The van der Waals surface area contributed by atoms with Crippen molar-refractivity contribution in [3.05, 3.63) is 35.4 Å². The molecule has 0 radical (unpaired) electrons. The van der Waals surface area contributed by atoms with Crippen molar-refractivity contribution in [1.82, 2.24) is 15.2 Å². The molecule has 1 aromatic carbocycles.